The molecule has 5 heteroatoms. The normalized spacial score (nSPS) is 8.92. The van der Waals surface area contributed by atoms with E-state index in [1.165, 1.54) is 11.3 Å². The fourth-order valence-corrected chi connectivity index (χ4v) is 1.34. The zero-order chi connectivity index (χ0) is 8.97. The summed E-state index contributed by atoms with van der Waals surface area (Å²) in [5.74, 6) is 0.286. The highest BCUT2D eigenvalue weighted by Crippen LogP contribution is 2.23. The van der Waals surface area contributed by atoms with Gasteiger partial charge >= 0.3 is 0 Å². The van der Waals surface area contributed by atoms with Gasteiger partial charge in [0, 0.05) is 6.54 Å². The molecule has 0 aromatic carbocycles. The van der Waals surface area contributed by atoms with Crippen LogP contribution in [-0.2, 0) is 0 Å². The van der Waals surface area contributed by atoms with Gasteiger partial charge in [0.2, 0.25) is 0 Å². The van der Waals surface area contributed by atoms with Gasteiger partial charge in [0.1, 0.15) is 10.9 Å². The van der Waals surface area contributed by atoms with Crippen LogP contribution in [0.15, 0.2) is 12.7 Å². The van der Waals surface area contributed by atoms with E-state index in [-0.39, 0.29) is 5.82 Å². The molecule has 0 bridgehead atoms. The van der Waals surface area contributed by atoms with Gasteiger partial charge in [-0.15, -0.1) is 6.58 Å². The molecule has 1 heterocycles. The first kappa shape index (κ1) is 8.56. The Morgan fingerprint density at radius 1 is 1.83 bits per heavy atom. The average molecular weight is 180 g/mol. The number of hydrogen-bond donors (Lipinski definition) is 2. The second-order valence-corrected chi connectivity index (χ2v) is 3.01. The molecule has 0 aliphatic rings. The average Bonchev–Trinajstić information content (AvgIpc) is 2.43. The van der Waals surface area contributed by atoms with E-state index in [0.717, 1.165) is 0 Å². The number of nitrogen functional groups attached to an aromatic ring is 1. The molecule has 0 saturated heterocycles. The third-order valence-corrected chi connectivity index (χ3v) is 2.09. The van der Waals surface area contributed by atoms with Crippen molar-refractivity contribution in [1.29, 1.82) is 5.26 Å². The Labute approximate surface area is 74.3 Å². The SMILES string of the molecule is C=CCNc1nc(N)c(C#N)s1. The second kappa shape index (κ2) is 3.74. The summed E-state index contributed by atoms with van der Waals surface area (Å²) in [5.41, 5.74) is 5.43. The van der Waals surface area contributed by atoms with Crippen LogP contribution in [0.1, 0.15) is 4.88 Å². The third kappa shape index (κ3) is 1.74. The Balaban J connectivity index is 2.76. The van der Waals surface area contributed by atoms with E-state index in [4.69, 9.17) is 11.0 Å². The van der Waals surface area contributed by atoms with Gasteiger partial charge in [-0.05, 0) is 0 Å². The van der Waals surface area contributed by atoms with Gasteiger partial charge in [-0.25, -0.2) is 4.98 Å². The maximum absolute atomic E-state index is 8.55. The molecule has 1 rings (SSSR count). The smallest absolute Gasteiger partial charge is 0.186 e. The van der Waals surface area contributed by atoms with Crippen LogP contribution in [-0.4, -0.2) is 11.5 Å². The Morgan fingerprint density at radius 3 is 3.08 bits per heavy atom. The monoisotopic (exact) mass is 180 g/mol. The molecular weight excluding hydrogens is 172 g/mol. The van der Waals surface area contributed by atoms with E-state index in [0.29, 0.717) is 16.6 Å². The molecule has 0 radical (unpaired) electrons. The minimum atomic E-state index is 0.286. The Bertz CT molecular complexity index is 323. The van der Waals surface area contributed by atoms with E-state index in [1.54, 1.807) is 6.08 Å². The number of rotatable bonds is 3. The molecule has 62 valence electrons. The minimum absolute atomic E-state index is 0.286. The van der Waals surface area contributed by atoms with E-state index < -0.39 is 0 Å². The second-order valence-electron chi connectivity index (χ2n) is 2.01. The first-order chi connectivity index (χ1) is 5.77. The summed E-state index contributed by atoms with van der Waals surface area (Å²) in [6.45, 7) is 4.17. The van der Waals surface area contributed by atoms with Crippen LogP contribution in [0.25, 0.3) is 0 Å². The number of hydrogen-bond acceptors (Lipinski definition) is 5. The van der Waals surface area contributed by atoms with Gasteiger partial charge in [-0.3, -0.25) is 0 Å². The van der Waals surface area contributed by atoms with Gasteiger partial charge in [-0.2, -0.15) is 5.26 Å². The van der Waals surface area contributed by atoms with Crippen LogP contribution >= 0.6 is 11.3 Å². The minimum Gasteiger partial charge on any atom is -0.382 e. The predicted octanol–water partition coefficient (Wildman–Crippen LogP) is 1.19. The quantitative estimate of drug-likeness (QED) is 0.685. The van der Waals surface area contributed by atoms with Gasteiger partial charge < -0.3 is 11.1 Å². The molecule has 3 N–H and O–H groups in total. The molecule has 1 aromatic heterocycles. The van der Waals surface area contributed by atoms with Crippen LogP contribution in [0.3, 0.4) is 0 Å². The highest BCUT2D eigenvalue weighted by molar-refractivity contribution is 7.16. The molecule has 0 aliphatic heterocycles. The number of nitrogens with two attached hydrogens (primary N) is 1. The molecule has 0 aliphatic carbocycles. The zero-order valence-corrected chi connectivity index (χ0v) is 7.19. The highest BCUT2D eigenvalue weighted by atomic mass is 32.1. The Morgan fingerprint density at radius 2 is 2.58 bits per heavy atom. The number of anilines is 2. The van der Waals surface area contributed by atoms with Crippen molar-refractivity contribution in [2.45, 2.75) is 0 Å². The van der Waals surface area contributed by atoms with Gasteiger partial charge in [0.05, 0.1) is 0 Å². The molecule has 0 spiro atoms. The summed E-state index contributed by atoms with van der Waals surface area (Å²) < 4.78 is 0. The van der Waals surface area contributed by atoms with E-state index in [1.807, 2.05) is 6.07 Å². The van der Waals surface area contributed by atoms with Crippen molar-refractivity contribution in [3.05, 3.63) is 17.5 Å². The topological polar surface area (TPSA) is 74.7 Å². The standard InChI is InChI=1S/C7H8N4S/c1-2-3-10-7-11-6(9)5(4-8)12-7/h2H,1,3,9H2,(H,10,11). The summed E-state index contributed by atoms with van der Waals surface area (Å²) in [7, 11) is 0. The largest absolute Gasteiger partial charge is 0.382 e. The fourth-order valence-electron chi connectivity index (χ4n) is 0.647. The predicted molar refractivity (Wildman–Crippen MR) is 49.9 cm³/mol. The maximum atomic E-state index is 8.55. The van der Waals surface area contributed by atoms with E-state index >= 15 is 0 Å². The molecule has 12 heavy (non-hydrogen) atoms. The first-order valence-corrected chi connectivity index (χ1v) is 4.10. The maximum Gasteiger partial charge on any atom is 0.186 e. The van der Waals surface area contributed by atoms with Crippen LogP contribution in [0.5, 0.6) is 0 Å². The van der Waals surface area contributed by atoms with Crippen molar-refractivity contribution in [3.63, 3.8) is 0 Å². The summed E-state index contributed by atoms with van der Waals surface area (Å²) in [6.07, 6.45) is 1.71. The van der Waals surface area contributed by atoms with Crippen LogP contribution in [0.2, 0.25) is 0 Å². The molecule has 4 nitrogen and oxygen atoms in total. The third-order valence-electron chi connectivity index (χ3n) is 1.15. The molecule has 0 atom stereocenters. The molecule has 1 aromatic rings. The van der Waals surface area contributed by atoms with E-state index in [2.05, 4.69) is 16.9 Å². The number of nitriles is 1. The number of nitrogens with one attached hydrogen (secondary N) is 1. The Hall–Kier alpha value is -1.54. The van der Waals surface area contributed by atoms with Crippen molar-refractivity contribution in [2.75, 3.05) is 17.6 Å². The summed E-state index contributed by atoms with van der Waals surface area (Å²) in [6, 6.07) is 1.96. The number of nitrogens with zero attached hydrogens (tertiary/aromatic N) is 2. The number of thiazole rings is 1. The lowest BCUT2D eigenvalue weighted by Crippen LogP contribution is -1.96. The van der Waals surface area contributed by atoms with E-state index in [9.17, 15) is 0 Å². The molecule has 0 fully saturated rings. The van der Waals surface area contributed by atoms with Gasteiger partial charge in [-0.1, -0.05) is 17.4 Å². The molecular formula is C7H8N4S. The highest BCUT2D eigenvalue weighted by Gasteiger charge is 2.05. The lowest BCUT2D eigenvalue weighted by Gasteiger charge is -1.93. The summed E-state index contributed by atoms with van der Waals surface area (Å²) in [4.78, 5) is 4.38. The Kier molecular flexibility index (Phi) is 2.66. The van der Waals surface area contributed by atoms with Gasteiger partial charge in [0.15, 0.2) is 10.9 Å². The fraction of sp³-hybridized carbons (Fsp3) is 0.143. The van der Waals surface area contributed by atoms with Crippen molar-refractivity contribution in [2.24, 2.45) is 0 Å². The zero-order valence-electron chi connectivity index (χ0n) is 6.37. The van der Waals surface area contributed by atoms with Crippen LogP contribution in [0.4, 0.5) is 10.9 Å². The number of aromatic nitrogens is 1. The van der Waals surface area contributed by atoms with Crippen LogP contribution < -0.4 is 11.1 Å². The summed E-state index contributed by atoms with van der Waals surface area (Å²) in [5, 5.41) is 12.2. The lowest BCUT2D eigenvalue weighted by molar-refractivity contribution is 1.29. The van der Waals surface area contributed by atoms with Crippen molar-refractivity contribution >= 4 is 22.3 Å². The molecule has 0 unspecified atom stereocenters. The van der Waals surface area contributed by atoms with Crippen LogP contribution in [0, 0.1) is 11.3 Å². The van der Waals surface area contributed by atoms with Crippen molar-refractivity contribution in [3.8, 4) is 6.07 Å². The summed E-state index contributed by atoms with van der Waals surface area (Å²) >= 11 is 1.24. The molecule has 0 saturated carbocycles. The lowest BCUT2D eigenvalue weighted by atomic mass is 10.5. The first-order valence-electron chi connectivity index (χ1n) is 3.29. The molecule has 0 amide bonds. The van der Waals surface area contributed by atoms with Crippen molar-refractivity contribution < 1.29 is 0 Å². The van der Waals surface area contributed by atoms with Gasteiger partial charge in [0.25, 0.3) is 0 Å². The van der Waals surface area contributed by atoms with Crippen molar-refractivity contribution in [1.82, 2.24) is 4.98 Å².